The van der Waals surface area contributed by atoms with Crippen LogP contribution in [0.3, 0.4) is 0 Å². The second-order valence-electron chi connectivity index (χ2n) is 7.28. The van der Waals surface area contributed by atoms with Crippen molar-refractivity contribution < 1.29 is 23.2 Å². The van der Waals surface area contributed by atoms with Gasteiger partial charge in [-0.15, -0.1) is 23.2 Å². The number of carbonyl (C=O) groups excluding carboxylic acids is 3. The van der Waals surface area contributed by atoms with E-state index in [0.29, 0.717) is 6.42 Å². The highest BCUT2D eigenvalue weighted by atomic mass is 35.5. The van der Waals surface area contributed by atoms with Crippen LogP contribution in [0, 0.1) is 34.8 Å². The zero-order valence-corrected chi connectivity index (χ0v) is 19.1. The van der Waals surface area contributed by atoms with Gasteiger partial charge >= 0.3 is 0 Å². The number of carbonyl (C=O) groups is 3. The molecule has 0 bridgehead atoms. The number of amides is 3. The molecule has 0 saturated heterocycles. The lowest BCUT2D eigenvalue weighted by Crippen LogP contribution is -2.21. The van der Waals surface area contributed by atoms with E-state index in [4.69, 9.17) is 40.1 Å². The van der Waals surface area contributed by atoms with Gasteiger partial charge in [0.15, 0.2) is 5.82 Å². The van der Waals surface area contributed by atoms with Gasteiger partial charge < -0.3 is 16.0 Å². The number of halogens is 5. The van der Waals surface area contributed by atoms with Crippen LogP contribution < -0.4 is 16.0 Å². The van der Waals surface area contributed by atoms with Gasteiger partial charge in [-0.25, -0.2) is 8.78 Å². The van der Waals surface area contributed by atoms with Gasteiger partial charge in [0.1, 0.15) is 21.8 Å². The van der Waals surface area contributed by atoms with Crippen molar-refractivity contribution in [1.82, 2.24) is 0 Å². The Labute approximate surface area is 202 Å². The second kappa shape index (κ2) is 9.51. The molecular formula is C21H15Cl3F2N4O3. The van der Waals surface area contributed by atoms with Crippen LogP contribution >= 0.6 is 34.8 Å². The SMILES string of the molecule is CC(C#N)C(=O)Nc1c(F)ccc(NC(=O)c2cc(NC(=O)[C@H]3CC3(Cl)Cl)ccc2Cl)c1F. The normalized spacial score (nSPS) is 16.8. The number of alkyl halides is 2. The molecule has 172 valence electrons. The molecule has 2 atom stereocenters. The van der Waals surface area contributed by atoms with E-state index in [1.165, 1.54) is 25.1 Å². The first-order chi connectivity index (χ1) is 15.4. The van der Waals surface area contributed by atoms with Crippen molar-refractivity contribution in [3.05, 3.63) is 52.6 Å². The Kier molecular flexibility index (Phi) is 7.12. The van der Waals surface area contributed by atoms with Gasteiger partial charge in [0.25, 0.3) is 5.91 Å². The van der Waals surface area contributed by atoms with Crippen molar-refractivity contribution in [2.75, 3.05) is 16.0 Å². The molecule has 0 aromatic heterocycles. The van der Waals surface area contributed by atoms with Crippen LogP contribution in [0.25, 0.3) is 0 Å². The topological polar surface area (TPSA) is 111 Å². The number of anilines is 3. The number of hydrogen-bond donors (Lipinski definition) is 3. The average Bonchev–Trinajstić information content (AvgIpc) is 3.41. The first-order valence-electron chi connectivity index (χ1n) is 9.42. The molecule has 0 heterocycles. The van der Waals surface area contributed by atoms with Gasteiger partial charge in [-0.2, -0.15) is 5.26 Å². The summed E-state index contributed by atoms with van der Waals surface area (Å²) in [6.45, 7) is 1.26. The fraction of sp³-hybridized carbons (Fsp3) is 0.238. The minimum atomic E-state index is -1.25. The quantitative estimate of drug-likeness (QED) is 0.465. The maximum absolute atomic E-state index is 14.8. The molecule has 1 fully saturated rings. The third-order valence-electron chi connectivity index (χ3n) is 4.80. The molecule has 2 aromatic carbocycles. The fourth-order valence-corrected chi connectivity index (χ4v) is 3.46. The van der Waals surface area contributed by atoms with Gasteiger partial charge in [0.05, 0.1) is 28.3 Å². The number of nitrogens with one attached hydrogen (secondary N) is 3. The summed E-state index contributed by atoms with van der Waals surface area (Å²) in [7, 11) is 0. The summed E-state index contributed by atoms with van der Waals surface area (Å²) in [6, 6.07) is 7.51. The lowest BCUT2D eigenvalue weighted by molar-refractivity contribution is -0.118. The van der Waals surface area contributed by atoms with Gasteiger partial charge in [-0.3, -0.25) is 14.4 Å². The summed E-state index contributed by atoms with van der Waals surface area (Å²) >= 11 is 17.8. The third-order valence-corrected chi connectivity index (χ3v) is 5.96. The Morgan fingerprint density at radius 2 is 1.82 bits per heavy atom. The van der Waals surface area contributed by atoms with Crippen molar-refractivity contribution in [2.45, 2.75) is 17.7 Å². The van der Waals surface area contributed by atoms with Crippen LogP contribution in [0.5, 0.6) is 0 Å². The maximum atomic E-state index is 14.8. The summed E-state index contributed by atoms with van der Waals surface area (Å²) in [5.41, 5.74) is -1.15. The molecule has 0 radical (unpaired) electrons. The highest BCUT2D eigenvalue weighted by Crippen LogP contribution is 2.53. The van der Waals surface area contributed by atoms with E-state index in [0.717, 1.165) is 12.1 Å². The Balaban J connectivity index is 1.80. The van der Waals surface area contributed by atoms with E-state index in [9.17, 15) is 23.2 Å². The Bertz CT molecular complexity index is 1200. The van der Waals surface area contributed by atoms with E-state index in [-0.39, 0.29) is 16.3 Å². The first kappa shape index (κ1) is 24.7. The van der Waals surface area contributed by atoms with Gasteiger partial charge in [0.2, 0.25) is 11.8 Å². The molecule has 0 aliphatic heterocycles. The molecule has 3 amide bonds. The van der Waals surface area contributed by atoms with Gasteiger partial charge in [-0.05, 0) is 43.7 Å². The molecule has 1 aliphatic carbocycles. The maximum Gasteiger partial charge on any atom is 0.257 e. The van der Waals surface area contributed by atoms with Crippen LogP contribution in [0.2, 0.25) is 5.02 Å². The van der Waals surface area contributed by atoms with E-state index < -0.39 is 56.9 Å². The molecule has 1 unspecified atom stereocenters. The zero-order chi connectivity index (χ0) is 24.5. The lowest BCUT2D eigenvalue weighted by atomic mass is 10.1. The number of nitrogens with zero attached hydrogens (tertiary/aromatic N) is 1. The van der Waals surface area contributed by atoms with Crippen molar-refractivity contribution in [3.8, 4) is 6.07 Å². The minimum Gasteiger partial charge on any atom is -0.326 e. The zero-order valence-electron chi connectivity index (χ0n) is 16.8. The van der Waals surface area contributed by atoms with E-state index in [2.05, 4.69) is 10.6 Å². The summed E-state index contributed by atoms with van der Waals surface area (Å²) < 4.78 is 27.7. The summed E-state index contributed by atoms with van der Waals surface area (Å²) in [5, 5.41) is 15.6. The monoisotopic (exact) mass is 514 g/mol. The Morgan fingerprint density at radius 3 is 2.42 bits per heavy atom. The summed E-state index contributed by atoms with van der Waals surface area (Å²) in [4.78, 5) is 36.7. The van der Waals surface area contributed by atoms with Crippen LogP contribution in [-0.2, 0) is 9.59 Å². The molecule has 1 saturated carbocycles. The van der Waals surface area contributed by atoms with Crippen LogP contribution in [0.15, 0.2) is 30.3 Å². The predicted octanol–water partition coefficient (Wildman–Crippen LogP) is 5.10. The Hall–Kier alpha value is -2.93. The highest BCUT2D eigenvalue weighted by Gasteiger charge is 2.56. The fourth-order valence-electron chi connectivity index (χ4n) is 2.75. The van der Waals surface area contributed by atoms with E-state index in [1.54, 1.807) is 6.07 Å². The van der Waals surface area contributed by atoms with Crippen molar-refractivity contribution in [3.63, 3.8) is 0 Å². The van der Waals surface area contributed by atoms with Gasteiger partial charge in [-0.1, -0.05) is 11.6 Å². The van der Waals surface area contributed by atoms with E-state index >= 15 is 0 Å². The first-order valence-corrected chi connectivity index (χ1v) is 10.6. The highest BCUT2D eigenvalue weighted by molar-refractivity contribution is 6.52. The van der Waals surface area contributed by atoms with Crippen molar-refractivity contribution >= 4 is 69.6 Å². The molecule has 12 heteroatoms. The van der Waals surface area contributed by atoms with Crippen molar-refractivity contribution in [2.24, 2.45) is 11.8 Å². The smallest absolute Gasteiger partial charge is 0.257 e. The lowest BCUT2D eigenvalue weighted by Gasteiger charge is -2.14. The van der Waals surface area contributed by atoms with Crippen LogP contribution in [-0.4, -0.2) is 22.1 Å². The Morgan fingerprint density at radius 1 is 1.15 bits per heavy atom. The molecule has 33 heavy (non-hydrogen) atoms. The van der Waals surface area contributed by atoms with Gasteiger partial charge in [0, 0.05) is 5.69 Å². The molecule has 3 N–H and O–H groups in total. The number of benzene rings is 2. The molecule has 3 rings (SSSR count). The average molecular weight is 516 g/mol. The summed E-state index contributed by atoms with van der Waals surface area (Å²) in [6.07, 6.45) is 0.290. The number of rotatable bonds is 6. The molecule has 1 aliphatic rings. The molecule has 2 aromatic rings. The molecule has 0 spiro atoms. The van der Waals surface area contributed by atoms with Crippen LogP contribution in [0.1, 0.15) is 23.7 Å². The number of nitriles is 1. The molecular weight excluding hydrogens is 501 g/mol. The largest absolute Gasteiger partial charge is 0.326 e. The molecule has 7 nitrogen and oxygen atoms in total. The predicted molar refractivity (Wildman–Crippen MR) is 120 cm³/mol. The third kappa shape index (κ3) is 5.53. The number of hydrogen-bond acceptors (Lipinski definition) is 4. The standard InChI is InChI=1S/C21H15Cl3F2N4O3/c1-9(8-27)18(31)30-17-14(25)4-5-15(16(17)26)29-19(32)11-6-10(2-3-13(11)22)28-20(33)12-7-21(12,23)24/h2-6,9,12H,7H2,1H3,(H,28,33)(H,29,32)(H,30,31)/t9?,12-/m1/s1. The summed E-state index contributed by atoms with van der Waals surface area (Å²) in [5.74, 6) is -6.32. The minimum absolute atomic E-state index is 0.000143. The van der Waals surface area contributed by atoms with E-state index in [1.807, 2.05) is 5.32 Å². The van der Waals surface area contributed by atoms with Crippen molar-refractivity contribution in [1.29, 1.82) is 5.26 Å². The van der Waals surface area contributed by atoms with Crippen LogP contribution in [0.4, 0.5) is 25.8 Å². The second-order valence-corrected chi connectivity index (χ2v) is 9.23.